The minimum Gasteiger partial charge on any atom is -0.117 e. The third-order valence-electron chi connectivity index (χ3n) is 4.21. The molecule has 0 fully saturated rings. The van der Waals surface area contributed by atoms with E-state index in [2.05, 4.69) is 64.1 Å². The lowest BCUT2D eigenvalue weighted by atomic mass is 9.97. The van der Waals surface area contributed by atoms with Crippen LogP contribution in [-0.2, 0) is 6.42 Å². The van der Waals surface area contributed by atoms with Crippen molar-refractivity contribution >= 4 is 11.8 Å². The molecule has 1 unspecified atom stereocenters. The van der Waals surface area contributed by atoms with Gasteiger partial charge in [0.1, 0.15) is 0 Å². The molecule has 1 heteroatoms. The molecular formula is C19H22S. The van der Waals surface area contributed by atoms with Gasteiger partial charge < -0.3 is 0 Å². The van der Waals surface area contributed by atoms with Crippen molar-refractivity contribution in [1.82, 2.24) is 0 Å². The molecule has 1 aliphatic heterocycles. The summed E-state index contributed by atoms with van der Waals surface area (Å²) in [6, 6.07) is 13.9. The van der Waals surface area contributed by atoms with Crippen molar-refractivity contribution in [3.8, 4) is 0 Å². The van der Waals surface area contributed by atoms with E-state index >= 15 is 0 Å². The van der Waals surface area contributed by atoms with Crippen LogP contribution < -0.4 is 0 Å². The first-order valence-electron chi connectivity index (χ1n) is 7.41. The molecule has 0 saturated heterocycles. The average Bonchev–Trinajstić information content (AvgIpc) is 2.83. The van der Waals surface area contributed by atoms with Gasteiger partial charge in [0.2, 0.25) is 0 Å². The maximum atomic E-state index is 2.34. The van der Waals surface area contributed by atoms with Gasteiger partial charge in [-0.05, 0) is 60.1 Å². The van der Waals surface area contributed by atoms with E-state index in [1.54, 1.807) is 5.56 Å². The highest BCUT2D eigenvalue weighted by Gasteiger charge is 2.25. The maximum absolute atomic E-state index is 2.34. The summed E-state index contributed by atoms with van der Waals surface area (Å²) in [6.07, 6.45) is 1.17. The molecule has 0 aromatic heterocycles. The molecule has 104 valence electrons. The van der Waals surface area contributed by atoms with E-state index in [0.717, 1.165) is 0 Å². The average molecular weight is 282 g/mol. The minimum atomic E-state index is 0.590. The smallest absolute Gasteiger partial charge is 0.0385 e. The van der Waals surface area contributed by atoms with Crippen LogP contribution in [0.2, 0.25) is 0 Å². The van der Waals surface area contributed by atoms with Gasteiger partial charge >= 0.3 is 0 Å². The molecule has 0 nitrogen and oxygen atoms in total. The van der Waals surface area contributed by atoms with Gasteiger partial charge in [0.15, 0.2) is 0 Å². The first-order chi connectivity index (χ1) is 9.54. The Morgan fingerprint density at radius 2 is 1.75 bits per heavy atom. The van der Waals surface area contributed by atoms with Gasteiger partial charge in [0.25, 0.3) is 0 Å². The molecular weight excluding hydrogens is 260 g/mol. The number of aryl methyl sites for hydroxylation is 2. The summed E-state index contributed by atoms with van der Waals surface area (Å²) in [5, 5.41) is 0.590. The number of hydrogen-bond acceptors (Lipinski definition) is 1. The van der Waals surface area contributed by atoms with E-state index in [1.165, 1.54) is 33.6 Å². The van der Waals surface area contributed by atoms with Crippen molar-refractivity contribution in [2.45, 2.75) is 50.2 Å². The lowest BCUT2D eigenvalue weighted by Crippen LogP contribution is -1.95. The van der Waals surface area contributed by atoms with Crippen LogP contribution >= 0.6 is 11.8 Å². The van der Waals surface area contributed by atoms with E-state index in [0.29, 0.717) is 11.2 Å². The number of thioether (sulfide) groups is 1. The number of rotatable bonds is 2. The zero-order valence-corrected chi connectivity index (χ0v) is 13.6. The normalized spacial score (nSPS) is 17.6. The number of hydrogen-bond donors (Lipinski definition) is 0. The van der Waals surface area contributed by atoms with E-state index in [9.17, 15) is 0 Å². The first kappa shape index (κ1) is 13.8. The number of fused-ring (bicyclic) bond motifs is 1. The van der Waals surface area contributed by atoms with E-state index in [4.69, 9.17) is 0 Å². The summed E-state index contributed by atoms with van der Waals surface area (Å²) < 4.78 is 0. The van der Waals surface area contributed by atoms with Gasteiger partial charge in [-0.2, -0.15) is 0 Å². The Bertz CT molecular complexity index is 623. The largest absolute Gasteiger partial charge is 0.117 e. The Morgan fingerprint density at radius 3 is 2.40 bits per heavy atom. The molecule has 0 radical (unpaired) electrons. The predicted molar refractivity (Wildman–Crippen MR) is 88.7 cm³/mol. The molecule has 20 heavy (non-hydrogen) atoms. The van der Waals surface area contributed by atoms with Gasteiger partial charge in [-0.3, -0.25) is 0 Å². The standard InChI is InChI=1S/C19H22S/c1-12(2)15-5-7-16(8-6-15)18-11-17-14(4)9-13(3)10-19(17)20-18/h5-10,12,18H,11H2,1-4H3. The zero-order chi connectivity index (χ0) is 14.3. The summed E-state index contributed by atoms with van der Waals surface area (Å²) in [6.45, 7) is 8.94. The van der Waals surface area contributed by atoms with Crippen LogP contribution in [0.3, 0.4) is 0 Å². The van der Waals surface area contributed by atoms with Crippen molar-refractivity contribution in [3.63, 3.8) is 0 Å². The monoisotopic (exact) mass is 282 g/mol. The Labute approximate surface area is 126 Å². The molecule has 1 atom stereocenters. The van der Waals surface area contributed by atoms with Gasteiger partial charge in [-0.25, -0.2) is 0 Å². The van der Waals surface area contributed by atoms with Crippen LogP contribution in [0.1, 0.15) is 52.8 Å². The summed E-state index contributed by atoms with van der Waals surface area (Å²) in [5.41, 5.74) is 7.28. The summed E-state index contributed by atoms with van der Waals surface area (Å²) >= 11 is 2.03. The Hall–Kier alpha value is -1.21. The molecule has 1 heterocycles. The van der Waals surface area contributed by atoms with E-state index in [-0.39, 0.29) is 0 Å². The second-order valence-corrected chi connectivity index (χ2v) is 7.44. The van der Waals surface area contributed by atoms with Crippen molar-refractivity contribution in [1.29, 1.82) is 0 Å². The molecule has 0 amide bonds. The first-order valence-corrected chi connectivity index (χ1v) is 8.29. The van der Waals surface area contributed by atoms with Crippen molar-refractivity contribution < 1.29 is 0 Å². The molecule has 3 rings (SSSR count). The second-order valence-electron chi connectivity index (χ2n) is 6.19. The fourth-order valence-electron chi connectivity index (χ4n) is 2.99. The topological polar surface area (TPSA) is 0 Å². The molecule has 0 saturated carbocycles. The van der Waals surface area contributed by atoms with Gasteiger partial charge in [-0.15, -0.1) is 11.8 Å². The van der Waals surface area contributed by atoms with Crippen LogP contribution in [0, 0.1) is 13.8 Å². The lowest BCUT2D eigenvalue weighted by Gasteiger charge is -2.11. The van der Waals surface area contributed by atoms with Crippen LogP contribution in [0.4, 0.5) is 0 Å². The van der Waals surface area contributed by atoms with Gasteiger partial charge in [0.05, 0.1) is 0 Å². The fourth-order valence-corrected chi connectivity index (χ4v) is 4.48. The summed E-state index contributed by atoms with van der Waals surface area (Å²) in [4.78, 5) is 1.49. The maximum Gasteiger partial charge on any atom is 0.0385 e. The van der Waals surface area contributed by atoms with E-state index < -0.39 is 0 Å². The van der Waals surface area contributed by atoms with Crippen LogP contribution in [-0.4, -0.2) is 0 Å². The molecule has 0 spiro atoms. The highest BCUT2D eigenvalue weighted by Crippen LogP contribution is 2.47. The van der Waals surface area contributed by atoms with Crippen LogP contribution in [0.25, 0.3) is 0 Å². The Balaban J connectivity index is 1.86. The summed E-state index contributed by atoms with van der Waals surface area (Å²) in [7, 11) is 0. The molecule has 2 aromatic carbocycles. The van der Waals surface area contributed by atoms with Crippen molar-refractivity contribution in [2.75, 3.05) is 0 Å². The van der Waals surface area contributed by atoms with Crippen molar-refractivity contribution in [2.24, 2.45) is 0 Å². The molecule has 1 aliphatic rings. The quantitative estimate of drug-likeness (QED) is 0.669. The molecule has 0 N–H and O–H groups in total. The number of benzene rings is 2. The lowest BCUT2D eigenvalue weighted by molar-refractivity contribution is 0.862. The Kier molecular flexibility index (Phi) is 3.64. The molecule has 0 aliphatic carbocycles. The fraction of sp³-hybridized carbons (Fsp3) is 0.368. The molecule has 0 bridgehead atoms. The zero-order valence-electron chi connectivity index (χ0n) is 12.7. The van der Waals surface area contributed by atoms with Gasteiger partial charge in [-0.1, -0.05) is 44.2 Å². The minimum absolute atomic E-state index is 0.590. The highest BCUT2D eigenvalue weighted by atomic mass is 32.2. The van der Waals surface area contributed by atoms with Crippen molar-refractivity contribution in [3.05, 3.63) is 64.2 Å². The third kappa shape index (κ3) is 2.52. The predicted octanol–water partition coefficient (Wildman–Crippen LogP) is 5.82. The SMILES string of the molecule is Cc1cc(C)c2c(c1)SC(c1ccc(C(C)C)cc1)C2. The Morgan fingerprint density at radius 1 is 1.05 bits per heavy atom. The van der Waals surface area contributed by atoms with Crippen LogP contribution in [0.5, 0.6) is 0 Å². The third-order valence-corrected chi connectivity index (χ3v) is 5.55. The molecule has 2 aromatic rings. The van der Waals surface area contributed by atoms with Crippen LogP contribution in [0.15, 0.2) is 41.3 Å². The highest BCUT2D eigenvalue weighted by molar-refractivity contribution is 7.99. The summed E-state index contributed by atoms with van der Waals surface area (Å²) in [5.74, 6) is 0.613. The van der Waals surface area contributed by atoms with E-state index in [1.807, 2.05) is 11.8 Å². The van der Waals surface area contributed by atoms with Gasteiger partial charge in [0, 0.05) is 10.1 Å². The second kappa shape index (κ2) is 5.29.